The van der Waals surface area contributed by atoms with E-state index >= 15 is 0 Å². The summed E-state index contributed by atoms with van der Waals surface area (Å²) in [5, 5.41) is 5.07. The van der Waals surface area contributed by atoms with Crippen molar-refractivity contribution in [1.29, 1.82) is 0 Å². The van der Waals surface area contributed by atoms with Crippen LogP contribution >= 0.6 is 0 Å². The Balaban J connectivity index is 1.65. The van der Waals surface area contributed by atoms with Crippen molar-refractivity contribution >= 4 is 55.0 Å². The van der Waals surface area contributed by atoms with Crippen molar-refractivity contribution in [2.75, 3.05) is 0 Å². The zero-order valence-electron chi connectivity index (χ0n) is 20.4. The molecular weight excluding hydrogens is 424 g/mol. The summed E-state index contributed by atoms with van der Waals surface area (Å²) in [5.41, 5.74) is 9.49. The smallest absolute Gasteiger partial charge is 0.0541 e. The standard InChI is InChI=1S/C33H28N2/c1-5-24(34-30-13-9-7-11-26(30)28-19-22(3)15-17-32(28)34)21-25(6-2)35-31-14-10-8-12-27(31)29-20-23(4)16-18-33(29)35/h5-21H,1H2,2-4H3/b24-21+,25-6+. The molecule has 35 heavy (non-hydrogen) atoms. The van der Waals surface area contributed by atoms with Gasteiger partial charge in [-0.25, -0.2) is 0 Å². The minimum Gasteiger partial charge on any atom is -0.310 e. The molecule has 0 unspecified atom stereocenters. The van der Waals surface area contributed by atoms with E-state index < -0.39 is 0 Å². The Bertz CT molecular complexity index is 1840. The first-order chi connectivity index (χ1) is 17.1. The summed E-state index contributed by atoms with van der Waals surface area (Å²) in [6.07, 6.45) is 6.41. The molecule has 2 nitrogen and oxygen atoms in total. The van der Waals surface area contributed by atoms with Crippen LogP contribution in [0.2, 0.25) is 0 Å². The Hall–Kier alpha value is -4.30. The molecule has 0 spiro atoms. The third-order valence-electron chi connectivity index (χ3n) is 6.97. The number of benzene rings is 4. The van der Waals surface area contributed by atoms with Gasteiger partial charge >= 0.3 is 0 Å². The number of aryl methyl sites for hydroxylation is 2. The molecule has 0 saturated carbocycles. The average molecular weight is 453 g/mol. The van der Waals surface area contributed by atoms with Crippen LogP contribution in [0, 0.1) is 13.8 Å². The van der Waals surface area contributed by atoms with Crippen molar-refractivity contribution in [2.45, 2.75) is 20.8 Å². The average Bonchev–Trinajstić information content (AvgIpc) is 3.38. The second-order valence-corrected chi connectivity index (χ2v) is 9.23. The fourth-order valence-corrected chi connectivity index (χ4v) is 5.37. The van der Waals surface area contributed by atoms with Crippen LogP contribution in [0.5, 0.6) is 0 Å². The lowest BCUT2D eigenvalue weighted by molar-refractivity contribution is 1.20. The molecule has 0 atom stereocenters. The molecular formula is C33H28N2. The molecule has 2 heterocycles. The van der Waals surface area contributed by atoms with E-state index in [9.17, 15) is 0 Å². The van der Waals surface area contributed by atoms with Crippen LogP contribution < -0.4 is 0 Å². The lowest BCUT2D eigenvalue weighted by Crippen LogP contribution is -1.99. The monoisotopic (exact) mass is 452 g/mol. The quantitative estimate of drug-likeness (QED) is 0.236. The predicted octanol–water partition coefficient (Wildman–Crippen LogP) is 9.11. The van der Waals surface area contributed by atoms with Gasteiger partial charge < -0.3 is 9.13 Å². The number of hydrogen-bond acceptors (Lipinski definition) is 0. The van der Waals surface area contributed by atoms with Gasteiger partial charge in [-0.05, 0) is 69.3 Å². The van der Waals surface area contributed by atoms with Crippen molar-refractivity contribution in [2.24, 2.45) is 0 Å². The van der Waals surface area contributed by atoms with E-state index in [-0.39, 0.29) is 0 Å². The van der Waals surface area contributed by atoms with Gasteiger partial charge in [-0.3, -0.25) is 0 Å². The van der Waals surface area contributed by atoms with Crippen molar-refractivity contribution in [3.05, 3.63) is 121 Å². The molecule has 6 rings (SSSR count). The molecule has 0 bridgehead atoms. The summed E-state index contributed by atoms with van der Waals surface area (Å²) in [5.74, 6) is 0. The maximum absolute atomic E-state index is 4.23. The van der Waals surface area contributed by atoms with Gasteiger partial charge in [0.2, 0.25) is 0 Å². The highest BCUT2D eigenvalue weighted by atomic mass is 15.0. The van der Waals surface area contributed by atoms with Crippen LogP contribution in [0.25, 0.3) is 55.0 Å². The Kier molecular flexibility index (Phi) is 4.96. The van der Waals surface area contributed by atoms with Crippen LogP contribution in [-0.4, -0.2) is 9.13 Å². The second-order valence-electron chi connectivity index (χ2n) is 9.23. The van der Waals surface area contributed by atoms with Gasteiger partial charge in [-0.15, -0.1) is 0 Å². The highest BCUT2D eigenvalue weighted by Crippen LogP contribution is 2.36. The van der Waals surface area contributed by atoms with Crippen LogP contribution in [-0.2, 0) is 0 Å². The maximum Gasteiger partial charge on any atom is 0.0541 e. The summed E-state index contributed by atoms with van der Waals surface area (Å²) < 4.78 is 4.70. The fraction of sp³-hybridized carbons (Fsp3) is 0.0909. The van der Waals surface area contributed by atoms with E-state index in [0.29, 0.717) is 0 Å². The molecule has 0 saturated heterocycles. The molecule has 170 valence electrons. The van der Waals surface area contributed by atoms with E-state index in [1.807, 2.05) is 6.08 Å². The largest absolute Gasteiger partial charge is 0.310 e. The van der Waals surface area contributed by atoms with Crippen LogP contribution in [0.1, 0.15) is 18.1 Å². The Morgan fingerprint density at radius 2 is 1.06 bits per heavy atom. The van der Waals surface area contributed by atoms with E-state index in [4.69, 9.17) is 0 Å². The first-order valence-corrected chi connectivity index (χ1v) is 12.1. The lowest BCUT2D eigenvalue weighted by Gasteiger charge is -2.13. The molecule has 2 aromatic heterocycles. The molecule has 0 aliphatic heterocycles. The van der Waals surface area contributed by atoms with E-state index in [2.05, 4.69) is 134 Å². The molecule has 0 fully saturated rings. The molecule has 0 aliphatic carbocycles. The number of rotatable bonds is 4. The SMILES string of the molecule is C=C/C(=C\C(=C/C)n1c2ccccc2c2cc(C)ccc21)n1c2ccccc2c2cc(C)ccc21. The lowest BCUT2D eigenvalue weighted by atomic mass is 10.1. The number of aromatic nitrogens is 2. The van der Waals surface area contributed by atoms with E-state index in [1.165, 1.54) is 54.7 Å². The summed E-state index contributed by atoms with van der Waals surface area (Å²) in [7, 11) is 0. The van der Waals surface area contributed by atoms with Gasteiger partial charge in [-0.2, -0.15) is 0 Å². The molecule has 2 heteroatoms. The minimum atomic E-state index is 1.05. The number of allylic oxidation sites excluding steroid dienone is 5. The van der Waals surface area contributed by atoms with E-state index in [1.54, 1.807) is 0 Å². The van der Waals surface area contributed by atoms with Crippen LogP contribution in [0.3, 0.4) is 0 Å². The molecule has 4 aromatic carbocycles. The van der Waals surface area contributed by atoms with Crippen molar-refractivity contribution in [3.8, 4) is 0 Å². The Morgan fingerprint density at radius 3 is 1.54 bits per heavy atom. The molecule has 0 radical (unpaired) electrons. The van der Waals surface area contributed by atoms with Gasteiger partial charge in [0.1, 0.15) is 0 Å². The topological polar surface area (TPSA) is 9.86 Å². The van der Waals surface area contributed by atoms with Crippen molar-refractivity contribution in [1.82, 2.24) is 9.13 Å². The molecule has 0 amide bonds. The van der Waals surface area contributed by atoms with Gasteiger partial charge in [0, 0.05) is 32.9 Å². The van der Waals surface area contributed by atoms with Crippen LogP contribution in [0.4, 0.5) is 0 Å². The summed E-state index contributed by atoms with van der Waals surface area (Å²) in [4.78, 5) is 0. The molecule has 0 aliphatic rings. The number of nitrogens with zero attached hydrogens (tertiary/aromatic N) is 2. The number of hydrogen-bond donors (Lipinski definition) is 0. The normalized spacial score (nSPS) is 12.9. The maximum atomic E-state index is 4.23. The predicted molar refractivity (Wildman–Crippen MR) is 153 cm³/mol. The summed E-state index contributed by atoms with van der Waals surface area (Å²) in [6, 6.07) is 30.7. The first-order valence-electron chi connectivity index (χ1n) is 12.1. The number of fused-ring (bicyclic) bond motifs is 6. The zero-order chi connectivity index (χ0) is 24.1. The van der Waals surface area contributed by atoms with Gasteiger partial charge in [0.25, 0.3) is 0 Å². The second kappa shape index (κ2) is 8.18. The molecule has 6 aromatic rings. The zero-order valence-corrected chi connectivity index (χ0v) is 20.4. The molecule has 0 N–H and O–H groups in total. The van der Waals surface area contributed by atoms with E-state index in [0.717, 1.165) is 11.4 Å². The third kappa shape index (κ3) is 3.25. The van der Waals surface area contributed by atoms with Gasteiger partial charge in [-0.1, -0.05) is 72.3 Å². The first kappa shape index (κ1) is 21.2. The fourth-order valence-electron chi connectivity index (χ4n) is 5.37. The summed E-state index contributed by atoms with van der Waals surface area (Å²) in [6.45, 7) is 10.6. The third-order valence-corrected chi connectivity index (χ3v) is 6.97. The Morgan fingerprint density at radius 1 is 0.600 bits per heavy atom. The minimum absolute atomic E-state index is 1.05. The van der Waals surface area contributed by atoms with Gasteiger partial charge in [0.15, 0.2) is 0 Å². The van der Waals surface area contributed by atoms with Crippen LogP contribution in [0.15, 0.2) is 110 Å². The highest BCUT2D eigenvalue weighted by Gasteiger charge is 2.15. The highest BCUT2D eigenvalue weighted by molar-refractivity contribution is 6.12. The van der Waals surface area contributed by atoms with Crippen molar-refractivity contribution < 1.29 is 0 Å². The Labute approximate surface area is 205 Å². The van der Waals surface area contributed by atoms with Crippen molar-refractivity contribution in [3.63, 3.8) is 0 Å². The van der Waals surface area contributed by atoms with Gasteiger partial charge in [0.05, 0.1) is 22.1 Å². The summed E-state index contributed by atoms with van der Waals surface area (Å²) >= 11 is 0. The number of para-hydroxylation sites is 2.